The van der Waals surface area contributed by atoms with E-state index in [2.05, 4.69) is 0 Å². The van der Waals surface area contributed by atoms with Crippen LogP contribution in [0.3, 0.4) is 0 Å². The van der Waals surface area contributed by atoms with Crippen molar-refractivity contribution in [2.75, 3.05) is 13.1 Å². The fourth-order valence-corrected chi connectivity index (χ4v) is 4.09. The molecule has 2 aromatic carbocycles. The third-order valence-corrected chi connectivity index (χ3v) is 5.89. The van der Waals surface area contributed by atoms with E-state index >= 15 is 0 Å². The number of carbonyl (C=O) groups is 2. The molecular weight excluding hydrogens is 369 g/mol. The number of likely N-dealkylation sites (tertiary alicyclic amines) is 1. The first-order valence-corrected chi connectivity index (χ1v) is 10.2. The third-order valence-electron chi connectivity index (χ3n) is 5.89. The maximum atomic E-state index is 13.7. The molecule has 0 radical (unpaired) electrons. The molecule has 0 spiro atoms. The van der Waals surface area contributed by atoms with Gasteiger partial charge in [-0.2, -0.15) is 0 Å². The summed E-state index contributed by atoms with van der Waals surface area (Å²) in [4.78, 5) is 26.7. The van der Waals surface area contributed by atoms with E-state index in [1.165, 1.54) is 12.1 Å². The van der Waals surface area contributed by atoms with Gasteiger partial charge < -0.3 is 9.53 Å². The first-order valence-electron chi connectivity index (χ1n) is 10.2. The average molecular weight is 397 g/mol. The van der Waals surface area contributed by atoms with Crippen LogP contribution in [0.15, 0.2) is 54.6 Å². The van der Waals surface area contributed by atoms with Crippen molar-refractivity contribution in [2.45, 2.75) is 38.8 Å². The molecule has 4 atom stereocenters. The van der Waals surface area contributed by atoms with Crippen molar-refractivity contribution in [3.05, 3.63) is 71.5 Å². The number of halogens is 1. The summed E-state index contributed by atoms with van der Waals surface area (Å²) in [7, 11) is 0. The quantitative estimate of drug-likeness (QED) is 0.495. The van der Waals surface area contributed by atoms with Gasteiger partial charge in [0, 0.05) is 24.9 Å². The first kappa shape index (κ1) is 21.2. The largest absolute Gasteiger partial charge is 0.460 e. The van der Waals surface area contributed by atoms with Gasteiger partial charge in [-0.25, -0.2) is 4.39 Å². The molecule has 0 bridgehead atoms. The van der Waals surface area contributed by atoms with Gasteiger partial charge in [0.2, 0.25) is 0 Å². The van der Waals surface area contributed by atoms with E-state index in [0.717, 1.165) is 23.8 Å². The molecule has 4 nitrogen and oxygen atoms in total. The number of nitrogens with zero attached hydrogens (tertiary/aromatic N) is 1. The molecule has 0 aliphatic carbocycles. The Kier molecular flexibility index (Phi) is 7.15. The molecule has 0 amide bonds. The summed E-state index contributed by atoms with van der Waals surface area (Å²) in [5.74, 6) is -0.905. The van der Waals surface area contributed by atoms with Gasteiger partial charge in [0.05, 0.1) is 0 Å². The van der Waals surface area contributed by atoms with E-state index in [1.54, 1.807) is 6.07 Å². The predicted molar refractivity (Wildman–Crippen MR) is 110 cm³/mol. The fourth-order valence-electron chi connectivity index (χ4n) is 4.09. The van der Waals surface area contributed by atoms with Gasteiger partial charge in [0.25, 0.3) is 0 Å². The second-order valence-corrected chi connectivity index (χ2v) is 7.84. The van der Waals surface area contributed by atoms with Gasteiger partial charge in [0.1, 0.15) is 24.8 Å². The second kappa shape index (κ2) is 9.79. The highest BCUT2D eigenvalue weighted by Gasteiger charge is 2.41. The van der Waals surface area contributed by atoms with Gasteiger partial charge in [-0.05, 0) is 29.2 Å². The van der Waals surface area contributed by atoms with Crippen LogP contribution in [0.4, 0.5) is 4.39 Å². The van der Waals surface area contributed by atoms with Gasteiger partial charge in [0.15, 0.2) is 0 Å². The highest BCUT2D eigenvalue weighted by molar-refractivity contribution is 5.76. The maximum absolute atomic E-state index is 13.7. The van der Waals surface area contributed by atoms with E-state index in [0.29, 0.717) is 13.1 Å². The Morgan fingerprint density at radius 3 is 2.62 bits per heavy atom. The van der Waals surface area contributed by atoms with Crippen LogP contribution in [0, 0.1) is 17.7 Å². The molecule has 29 heavy (non-hydrogen) atoms. The average Bonchev–Trinajstić information content (AvgIpc) is 3.17. The lowest BCUT2D eigenvalue weighted by molar-refractivity contribution is -0.153. The van der Waals surface area contributed by atoms with E-state index in [9.17, 15) is 14.0 Å². The number of rotatable bonds is 8. The van der Waals surface area contributed by atoms with Crippen LogP contribution in [0.2, 0.25) is 0 Å². The molecule has 154 valence electrons. The standard InChI is InChI=1S/C24H28FNO3/c1-3-17(2)23(24(28)29-16-18-8-5-4-6-9-18)26-13-20(15-27)22(14-26)19-10-7-11-21(25)12-19/h4-12,15,17,20,22-23H,3,13-14,16H2,1-2H3/t17-,20+,22+,23+/m0/s1. The van der Waals surface area contributed by atoms with Crippen molar-refractivity contribution in [1.29, 1.82) is 0 Å². The molecule has 0 saturated carbocycles. The summed E-state index contributed by atoms with van der Waals surface area (Å²) in [6, 6.07) is 15.5. The van der Waals surface area contributed by atoms with Gasteiger partial charge in [-0.3, -0.25) is 9.69 Å². The molecule has 5 heteroatoms. The van der Waals surface area contributed by atoms with Crippen LogP contribution >= 0.6 is 0 Å². The zero-order valence-electron chi connectivity index (χ0n) is 17.0. The molecule has 1 heterocycles. The van der Waals surface area contributed by atoms with Crippen LogP contribution in [0.5, 0.6) is 0 Å². The van der Waals surface area contributed by atoms with Crippen molar-refractivity contribution in [3.8, 4) is 0 Å². The van der Waals surface area contributed by atoms with Gasteiger partial charge in [-0.15, -0.1) is 0 Å². The lowest BCUT2D eigenvalue weighted by Gasteiger charge is -2.30. The van der Waals surface area contributed by atoms with Gasteiger partial charge >= 0.3 is 5.97 Å². The minimum atomic E-state index is -0.426. The van der Waals surface area contributed by atoms with Crippen LogP contribution in [-0.4, -0.2) is 36.3 Å². The monoisotopic (exact) mass is 397 g/mol. The molecule has 1 aliphatic heterocycles. The van der Waals surface area contributed by atoms with Crippen molar-refractivity contribution >= 4 is 12.3 Å². The molecule has 1 fully saturated rings. The van der Waals surface area contributed by atoms with Crippen LogP contribution < -0.4 is 0 Å². The third kappa shape index (κ3) is 5.10. The maximum Gasteiger partial charge on any atom is 0.323 e. The minimum Gasteiger partial charge on any atom is -0.460 e. The van der Waals surface area contributed by atoms with E-state index in [-0.39, 0.29) is 36.1 Å². The molecule has 3 rings (SSSR count). The zero-order chi connectivity index (χ0) is 20.8. The molecule has 2 aromatic rings. The Morgan fingerprint density at radius 2 is 1.97 bits per heavy atom. The van der Waals surface area contributed by atoms with Crippen molar-refractivity contribution in [3.63, 3.8) is 0 Å². The summed E-state index contributed by atoms with van der Waals surface area (Å²) < 4.78 is 19.3. The van der Waals surface area contributed by atoms with Crippen molar-refractivity contribution < 1.29 is 18.7 Å². The number of benzene rings is 2. The van der Waals surface area contributed by atoms with Crippen LogP contribution in [0.1, 0.15) is 37.3 Å². The fraction of sp³-hybridized carbons (Fsp3) is 0.417. The Balaban J connectivity index is 1.76. The summed E-state index contributed by atoms with van der Waals surface area (Å²) in [5.41, 5.74) is 1.73. The summed E-state index contributed by atoms with van der Waals surface area (Å²) in [6.07, 6.45) is 1.75. The molecule has 1 saturated heterocycles. The zero-order valence-corrected chi connectivity index (χ0v) is 17.0. The predicted octanol–water partition coefficient (Wildman–Crippen LogP) is 4.20. The van der Waals surface area contributed by atoms with Gasteiger partial charge in [-0.1, -0.05) is 62.7 Å². The highest BCUT2D eigenvalue weighted by atomic mass is 19.1. The molecular formula is C24H28FNO3. The van der Waals surface area contributed by atoms with Crippen molar-refractivity contribution in [1.82, 2.24) is 4.90 Å². The number of esters is 1. The summed E-state index contributed by atoms with van der Waals surface area (Å²) in [6.45, 7) is 5.30. The number of aldehydes is 1. The number of hydrogen-bond donors (Lipinski definition) is 0. The molecule has 1 aliphatic rings. The number of hydrogen-bond acceptors (Lipinski definition) is 4. The minimum absolute atomic E-state index is 0.0804. The number of carbonyl (C=O) groups excluding carboxylic acids is 2. The summed E-state index contributed by atoms with van der Waals surface area (Å²) in [5, 5.41) is 0. The molecule has 0 aromatic heterocycles. The Bertz CT molecular complexity index is 826. The Morgan fingerprint density at radius 1 is 1.21 bits per heavy atom. The second-order valence-electron chi connectivity index (χ2n) is 7.84. The van der Waals surface area contributed by atoms with E-state index in [1.807, 2.05) is 55.1 Å². The SMILES string of the molecule is CC[C@H](C)[C@H](C(=O)OCc1ccccc1)N1C[C@H](c2cccc(F)c2)[C@@H](C=O)C1. The molecule has 0 N–H and O–H groups in total. The lowest BCUT2D eigenvalue weighted by atomic mass is 9.90. The lowest BCUT2D eigenvalue weighted by Crippen LogP contribution is -2.45. The molecule has 0 unspecified atom stereocenters. The first-order chi connectivity index (χ1) is 14.0. The normalized spacial score (nSPS) is 21.5. The van der Waals surface area contributed by atoms with Crippen LogP contribution in [-0.2, 0) is 20.9 Å². The number of ether oxygens (including phenoxy) is 1. The van der Waals surface area contributed by atoms with E-state index in [4.69, 9.17) is 4.74 Å². The van der Waals surface area contributed by atoms with Crippen LogP contribution in [0.25, 0.3) is 0 Å². The topological polar surface area (TPSA) is 46.6 Å². The van der Waals surface area contributed by atoms with E-state index < -0.39 is 6.04 Å². The highest BCUT2D eigenvalue weighted by Crippen LogP contribution is 2.35. The summed E-state index contributed by atoms with van der Waals surface area (Å²) >= 11 is 0. The Labute approximate surface area is 171 Å². The smallest absolute Gasteiger partial charge is 0.323 e. The van der Waals surface area contributed by atoms with Crippen molar-refractivity contribution in [2.24, 2.45) is 11.8 Å². The Hall–Kier alpha value is -2.53.